The molecule has 0 saturated carbocycles. The fourth-order valence-electron chi connectivity index (χ4n) is 2.40. The lowest BCUT2D eigenvalue weighted by Gasteiger charge is -2.35. The van der Waals surface area contributed by atoms with Gasteiger partial charge in [-0.3, -0.25) is 14.4 Å². The highest BCUT2D eigenvalue weighted by Crippen LogP contribution is 2.16. The van der Waals surface area contributed by atoms with E-state index in [2.05, 4.69) is 5.32 Å². The fraction of sp³-hybridized carbons (Fsp3) is 0.400. The summed E-state index contributed by atoms with van der Waals surface area (Å²) < 4.78 is 5.26. The van der Waals surface area contributed by atoms with Crippen LogP contribution in [0, 0.1) is 0 Å². The van der Waals surface area contributed by atoms with Crippen molar-refractivity contribution in [3.8, 4) is 0 Å². The van der Waals surface area contributed by atoms with Gasteiger partial charge in [-0.1, -0.05) is 6.07 Å². The Morgan fingerprint density at radius 3 is 2.77 bits per heavy atom. The van der Waals surface area contributed by atoms with Crippen LogP contribution in [-0.4, -0.2) is 60.6 Å². The maximum Gasteiger partial charge on any atom is 0.305 e. The van der Waals surface area contributed by atoms with Gasteiger partial charge in [0.2, 0.25) is 0 Å². The number of hydrogen-bond donors (Lipinski definition) is 2. The Balaban J connectivity index is 2.21. The van der Waals surface area contributed by atoms with Crippen molar-refractivity contribution in [3.63, 3.8) is 0 Å². The summed E-state index contributed by atoms with van der Waals surface area (Å²) in [6.45, 7) is 0.908. The van der Waals surface area contributed by atoms with Crippen molar-refractivity contribution < 1.29 is 24.2 Å². The largest absolute Gasteiger partial charge is 0.481 e. The van der Waals surface area contributed by atoms with Gasteiger partial charge in [0.05, 0.1) is 25.7 Å². The topological polar surface area (TPSA) is 95.9 Å². The minimum absolute atomic E-state index is 0.166. The zero-order valence-electron chi connectivity index (χ0n) is 12.2. The fourth-order valence-corrected chi connectivity index (χ4v) is 2.40. The third-order valence-corrected chi connectivity index (χ3v) is 3.50. The number of rotatable bonds is 4. The van der Waals surface area contributed by atoms with Gasteiger partial charge in [0.1, 0.15) is 0 Å². The van der Waals surface area contributed by atoms with E-state index in [0.717, 1.165) is 0 Å². The molecule has 0 spiro atoms. The predicted octanol–water partition coefficient (Wildman–Crippen LogP) is 0.362. The van der Waals surface area contributed by atoms with Gasteiger partial charge >= 0.3 is 5.97 Å². The number of carboxylic acid groups (broad SMARTS) is 1. The van der Waals surface area contributed by atoms with Gasteiger partial charge in [-0.25, -0.2) is 0 Å². The number of hydrogen-bond acceptors (Lipinski definition) is 4. The summed E-state index contributed by atoms with van der Waals surface area (Å²) in [4.78, 5) is 36.6. The molecule has 2 N–H and O–H groups in total. The maximum atomic E-state index is 12.6. The van der Waals surface area contributed by atoms with E-state index in [0.29, 0.717) is 24.3 Å². The van der Waals surface area contributed by atoms with Gasteiger partial charge in [0.15, 0.2) is 0 Å². The van der Waals surface area contributed by atoms with Crippen molar-refractivity contribution in [2.24, 2.45) is 0 Å². The predicted molar refractivity (Wildman–Crippen MR) is 77.7 cm³/mol. The van der Waals surface area contributed by atoms with E-state index in [-0.39, 0.29) is 24.8 Å². The van der Waals surface area contributed by atoms with Gasteiger partial charge in [0, 0.05) is 24.7 Å². The molecule has 0 bridgehead atoms. The molecular formula is C15H18N2O5. The number of benzene rings is 1. The number of carboxylic acids is 1. The van der Waals surface area contributed by atoms with Crippen LogP contribution >= 0.6 is 0 Å². The molecule has 7 heteroatoms. The molecule has 1 aliphatic rings. The first-order valence-electron chi connectivity index (χ1n) is 6.95. The highest BCUT2D eigenvalue weighted by Gasteiger charge is 2.30. The molecule has 1 aromatic rings. The molecule has 0 aromatic heterocycles. The third-order valence-electron chi connectivity index (χ3n) is 3.50. The molecule has 2 rings (SSSR count). The number of morpholine rings is 1. The first-order valence-corrected chi connectivity index (χ1v) is 6.95. The van der Waals surface area contributed by atoms with Crippen molar-refractivity contribution in [2.75, 3.05) is 26.8 Å². The SMILES string of the molecule is CNC(=O)c1cccc(C(=O)N2CCOCC2CC(=O)O)c1. The van der Waals surface area contributed by atoms with Crippen molar-refractivity contribution in [1.82, 2.24) is 10.2 Å². The molecule has 0 aliphatic carbocycles. The molecule has 22 heavy (non-hydrogen) atoms. The standard InChI is InChI=1S/C15H18N2O5/c1-16-14(20)10-3-2-4-11(7-10)15(21)17-5-6-22-9-12(17)8-13(18)19/h2-4,7,12H,5-6,8-9H2,1H3,(H,16,20)(H,18,19). The molecule has 2 amide bonds. The summed E-state index contributed by atoms with van der Waals surface area (Å²) in [5.41, 5.74) is 0.745. The number of amides is 2. The summed E-state index contributed by atoms with van der Waals surface area (Å²) in [6, 6.07) is 5.87. The van der Waals surface area contributed by atoms with Crippen LogP contribution in [-0.2, 0) is 9.53 Å². The smallest absolute Gasteiger partial charge is 0.305 e. The Labute approximate surface area is 127 Å². The molecule has 1 saturated heterocycles. The minimum Gasteiger partial charge on any atom is -0.481 e. The van der Waals surface area contributed by atoms with E-state index in [1.807, 2.05) is 0 Å². The van der Waals surface area contributed by atoms with Crippen LogP contribution in [0.2, 0.25) is 0 Å². The maximum absolute atomic E-state index is 12.6. The average Bonchev–Trinajstić information content (AvgIpc) is 2.53. The zero-order valence-corrected chi connectivity index (χ0v) is 12.2. The Morgan fingerprint density at radius 1 is 1.36 bits per heavy atom. The summed E-state index contributed by atoms with van der Waals surface area (Å²) in [7, 11) is 1.52. The lowest BCUT2D eigenvalue weighted by molar-refractivity contribution is -0.139. The second kappa shape index (κ2) is 7.04. The monoisotopic (exact) mass is 306 g/mol. The van der Waals surface area contributed by atoms with Crippen LogP contribution in [0.25, 0.3) is 0 Å². The molecule has 1 heterocycles. The van der Waals surface area contributed by atoms with Crippen molar-refractivity contribution in [2.45, 2.75) is 12.5 Å². The molecule has 1 aliphatic heterocycles. The highest BCUT2D eigenvalue weighted by atomic mass is 16.5. The van der Waals surface area contributed by atoms with E-state index in [1.165, 1.54) is 18.0 Å². The van der Waals surface area contributed by atoms with Crippen LogP contribution in [0.3, 0.4) is 0 Å². The second-order valence-corrected chi connectivity index (χ2v) is 4.99. The van der Waals surface area contributed by atoms with Gasteiger partial charge < -0.3 is 20.1 Å². The van der Waals surface area contributed by atoms with E-state index in [4.69, 9.17) is 9.84 Å². The Bertz CT molecular complexity index is 587. The lowest BCUT2D eigenvalue weighted by Crippen LogP contribution is -2.49. The summed E-state index contributed by atoms with van der Waals surface area (Å²) >= 11 is 0. The van der Waals surface area contributed by atoms with Gasteiger partial charge in [-0.05, 0) is 18.2 Å². The first-order chi connectivity index (χ1) is 10.5. The van der Waals surface area contributed by atoms with E-state index in [9.17, 15) is 14.4 Å². The van der Waals surface area contributed by atoms with Gasteiger partial charge in [0.25, 0.3) is 11.8 Å². The molecule has 7 nitrogen and oxygen atoms in total. The normalized spacial score (nSPS) is 17.9. The number of carbonyl (C=O) groups excluding carboxylic acids is 2. The van der Waals surface area contributed by atoms with Crippen LogP contribution < -0.4 is 5.32 Å². The molecule has 0 radical (unpaired) electrons. The lowest BCUT2D eigenvalue weighted by atomic mass is 10.1. The van der Waals surface area contributed by atoms with E-state index < -0.39 is 12.0 Å². The minimum atomic E-state index is -0.979. The molecule has 1 aromatic carbocycles. The zero-order chi connectivity index (χ0) is 16.1. The number of aliphatic carboxylic acids is 1. The molecule has 1 unspecified atom stereocenters. The Hall–Kier alpha value is -2.41. The van der Waals surface area contributed by atoms with E-state index >= 15 is 0 Å². The van der Waals surface area contributed by atoms with Crippen molar-refractivity contribution in [1.29, 1.82) is 0 Å². The molecular weight excluding hydrogens is 288 g/mol. The Morgan fingerprint density at radius 2 is 2.09 bits per heavy atom. The quantitative estimate of drug-likeness (QED) is 0.837. The summed E-state index contributed by atoms with van der Waals surface area (Å²) in [5, 5.41) is 11.4. The van der Waals surface area contributed by atoms with Crippen molar-refractivity contribution >= 4 is 17.8 Å². The summed E-state index contributed by atoms with van der Waals surface area (Å²) in [6.07, 6.45) is -0.166. The highest BCUT2D eigenvalue weighted by molar-refractivity contribution is 5.99. The van der Waals surface area contributed by atoms with E-state index in [1.54, 1.807) is 18.2 Å². The van der Waals surface area contributed by atoms with Crippen LogP contribution in [0.4, 0.5) is 0 Å². The Kier molecular flexibility index (Phi) is 5.11. The molecule has 118 valence electrons. The van der Waals surface area contributed by atoms with Crippen molar-refractivity contribution in [3.05, 3.63) is 35.4 Å². The average molecular weight is 306 g/mol. The molecule has 1 fully saturated rings. The van der Waals surface area contributed by atoms with Crippen LogP contribution in [0.5, 0.6) is 0 Å². The number of nitrogens with one attached hydrogen (secondary N) is 1. The molecule has 1 atom stereocenters. The summed E-state index contributed by atoms with van der Waals surface area (Å²) in [5.74, 6) is -1.55. The van der Waals surface area contributed by atoms with Crippen LogP contribution in [0.1, 0.15) is 27.1 Å². The van der Waals surface area contributed by atoms with Gasteiger partial charge in [-0.2, -0.15) is 0 Å². The van der Waals surface area contributed by atoms with Crippen LogP contribution in [0.15, 0.2) is 24.3 Å². The number of ether oxygens (including phenoxy) is 1. The number of carbonyl (C=O) groups is 3. The first kappa shape index (κ1) is 16.0. The van der Waals surface area contributed by atoms with Gasteiger partial charge in [-0.15, -0.1) is 0 Å². The second-order valence-electron chi connectivity index (χ2n) is 4.99. The third kappa shape index (κ3) is 3.62. The number of nitrogens with zero attached hydrogens (tertiary/aromatic N) is 1.